The van der Waals surface area contributed by atoms with Crippen molar-refractivity contribution in [1.29, 1.82) is 0 Å². The SMILES string of the molecule is c1ccc2nc(CC3CNC3)ccc2c1. The van der Waals surface area contributed by atoms with E-state index in [1.807, 2.05) is 6.07 Å². The average Bonchev–Trinajstić information content (AvgIpc) is 2.23. The Balaban J connectivity index is 1.91. The van der Waals surface area contributed by atoms with E-state index in [-0.39, 0.29) is 0 Å². The molecule has 0 saturated carbocycles. The van der Waals surface area contributed by atoms with Gasteiger partial charge in [-0.25, -0.2) is 0 Å². The fourth-order valence-electron chi connectivity index (χ4n) is 2.01. The monoisotopic (exact) mass is 198 g/mol. The molecule has 0 radical (unpaired) electrons. The smallest absolute Gasteiger partial charge is 0.0705 e. The van der Waals surface area contributed by atoms with Crippen molar-refractivity contribution in [3.8, 4) is 0 Å². The summed E-state index contributed by atoms with van der Waals surface area (Å²) in [7, 11) is 0. The van der Waals surface area contributed by atoms with Gasteiger partial charge >= 0.3 is 0 Å². The van der Waals surface area contributed by atoms with E-state index in [1.54, 1.807) is 0 Å². The Hall–Kier alpha value is -1.41. The van der Waals surface area contributed by atoms with Gasteiger partial charge < -0.3 is 5.32 Å². The number of hydrogen-bond acceptors (Lipinski definition) is 2. The zero-order chi connectivity index (χ0) is 10.1. The van der Waals surface area contributed by atoms with E-state index in [0.717, 1.165) is 30.9 Å². The van der Waals surface area contributed by atoms with Gasteiger partial charge in [-0.2, -0.15) is 0 Å². The topological polar surface area (TPSA) is 24.9 Å². The fraction of sp³-hybridized carbons (Fsp3) is 0.308. The van der Waals surface area contributed by atoms with Crippen LogP contribution in [0.5, 0.6) is 0 Å². The highest BCUT2D eigenvalue weighted by atomic mass is 14.9. The maximum Gasteiger partial charge on any atom is 0.0705 e. The van der Waals surface area contributed by atoms with Gasteiger partial charge in [0.05, 0.1) is 5.52 Å². The third kappa shape index (κ3) is 1.73. The first-order chi connectivity index (χ1) is 7.42. The summed E-state index contributed by atoms with van der Waals surface area (Å²) in [6.07, 6.45) is 1.11. The number of aromatic nitrogens is 1. The molecule has 2 nitrogen and oxygen atoms in total. The molecule has 2 heteroatoms. The highest BCUT2D eigenvalue weighted by Crippen LogP contribution is 2.15. The number of hydrogen-bond donors (Lipinski definition) is 1. The Morgan fingerprint density at radius 1 is 1.13 bits per heavy atom. The first kappa shape index (κ1) is 8.86. The van der Waals surface area contributed by atoms with Crippen LogP contribution in [-0.4, -0.2) is 18.1 Å². The van der Waals surface area contributed by atoms with Crippen LogP contribution in [0.4, 0.5) is 0 Å². The van der Waals surface area contributed by atoms with Crippen LogP contribution in [0.15, 0.2) is 36.4 Å². The summed E-state index contributed by atoms with van der Waals surface area (Å²) in [5.74, 6) is 0.790. The molecule has 0 spiro atoms. The van der Waals surface area contributed by atoms with Crippen LogP contribution < -0.4 is 5.32 Å². The van der Waals surface area contributed by atoms with Gasteiger partial charge in [0.25, 0.3) is 0 Å². The maximum atomic E-state index is 4.67. The molecule has 15 heavy (non-hydrogen) atoms. The molecule has 1 saturated heterocycles. The van der Waals surface area contributed by atoms with Gasteiger partial charge in [0.2, 0.25) is 0 Å². The summed E-state index contributed by atoms with van der Waals surface area (Å²) in [4.78, 5) is 4.67. The lowest BCUT2D eigenvalue weighted by atomic mass is 9.97. The summed E-state index contributed by atoms with van der Waals surface area (Å²) in [6, 6.07) is 12.6. The maximum absolute atomic E-state index is 4.67. The van der Waals surface area contributed by atoms with Crippen molar-refractivity contribution in [1.82, 2.24) is 10.3 Å². The van der Waals surface area contributed by atoms with Crippen molar-refractivity contribution in [2.45, 2.75) is 6.42 Å². The Morgan fingerprint density at radius 3 is 2.80 bits per heavy atom. The Kier molecular flexibility index (Phi) is 2.14. The number of pyridine rings is 1. The lowest BCUT2D eigenvalue weighted by Gasteiger charge is -2.26. The molecule has 1 aromatic heterocycles. The van der Waals surface area contributed by atoms with Gasteiger partial charge in [-0.15, -0.1) is 0 Å². The van der Waals surface area contributed by atoms with E-state index >= 15 is 0 Å². The normalized spacial score (nSPS) is 16.5. The minimum absolute atomic E-state index is 0.790. The van der Waals surface area contributed by atoms with Crippen LogP contribution in [-0.2, 0) is 6.42 Å². The summed E-state index contributed by atoms with van der Waals surface area (Å²) in [5.41, 5.74) is 2.34. The molecule has 0 unspecified atom stereocenters. The summed E-state index contributed by atoms with van der Waals surface area (Å²) >= 11 is 0. The van der Waals surface area contributed by atoms with Gasteiger partial charge in [-0.05, 0) is 37.6 Å². The second-order valence-electron chi connectivity index (χ2n) is 4.22. The highest BCUT2D eigenvalue weighted by molar-refractivity contribution is 5.78. The summed E-state index contributed by atoms with van der Waals surface area (Å²) in [5, 5.41) is 4.52. The van der Waals surface area contributed by atoms with Crippen LogP contribution in [0.1, 0.15) is 5.69 Å². The molecule has 1 N–H and O–H groups in total. The number of fused-ring (bicyclic) bond motifs is 1. The molecule has 3 rings (SSSR count). The second kappa shape index (κ2) is 3.63. The third-order valence-corrected chi connectivity index (χ3v) is 3.02. The Bertz CT molecular complexity index is 475. The number of para-hydroxylation sites is 1. The van der Waals surface area contributed by atoms with Crippen molar-refractivity contribution in [3.63, 3.8) is 0 Å². The number of nitrogens with zero attached hydrogens (tertiary/aromatic N) is 1. The van der Waals surface area contributed by atoms with Crippen LogP contribution in [0.3, 0.4) is 0 Å². The van der Waals surface area contributed by atoms with Crippen molar-refractivity contribution >= 4 is 10.9 Å². The Morgan fingerprint density at radius 2 is 2.00 bits per heavy atom. The standard InChI is InChI=1S/C13H14N2/c1-2-4-13-11(3-1)5-6-12(15-13)7-10-8-14-9-10/h1-6,10,14H,7-9H2. The van der Waals surface area contributed by atoms with E-state index in [9.17, 15) is 0 Å². The minimum Gasteiger partial charge on any atom is -0.316 e. The largest absolute Gasteiger partial charge is 0.316 e. The molecule has 0 atom stereocenters. The molecule has 1 aliphatic rings. The van der Waals surface area contributed by atoms with Crippen molar-refractivity contribution in [2.24, 2.45) is 5.92 Å². The molecule has 2 heterocycles. The van der Waals surface area contributed by atoms with Gasteiger partial charge in [0.15, 0.2) is 0 Å². The van der Waals surface area contributed by atoms with Crippen LogP contribution >= 0.6 is 0 Å². The van der Waals surface area contributed by atoms with Crippen LogP contribution in [0, 0.1) is 5.92 Å². The van der Waals surface area contributed by atoms with Crippen molar-refractivity contribution in [2.75, 3.05) is 13.1 Å². The van der Waals surface area contributed by atoms with E-state index in [4.69, 9.17) is 0 Å². The quantitative estimate of drug-likeness (QED) is 0.798. The van der Waals surface area contributed by atoms with Gasteiger partial charge in [-0.1, -0.05) is 24.3 Å². The summed E-state index contributed by atoms with van der Waals surface area (Å²) < 4.78 is 0. The number of rotatable bonds is 2. The molecule has 1 aromatic carbocycles. The van der Waals surface area contributed by atoms with Gasteiger partial charge in [-0.3, -0.25) is 4.98 Å². The third-order valence-electron chi connectivity index (χ3n) is 3.02. The zero-order valence-electron chi connectivity index (χ0n) is 8.61. The molecule has 0 aliphatic carbocycles. The van der Waals surface area contributed by atoms with Crippen molar-refractivity contribution in [3.05, 3.63) is 42.1 Å². The molecule has 0 amide bonds. The summed E-state index contributed by atoms with van der Waals surface area (Å²) in [6.45, 7) is 2.29. The second-order valence-corrected chi connectivity index (χ2v) is 4.22. The van der Waals surface area contributed by atoms with Crippen LogP contribution in [0.2, 0.25) is 0 Å². The molecule has 0 bridgehead atoms. The lowest BCUT2D eigenvalue weighted by molar-refractivity contribution is 0.344. The van der Waals surface area contributed by atoms with E-state index in [2.05, 4.69) is 40.6 Å². The Labute approximate surface area is 89.3 Å². The lowest BCUT2D eigenvalue weighted by Crippen LogP contribution is -2.43. The predicted molar refractivity (Wildman–Crippen MR) is 61.8 cm³/mol. The molecule has 1 fully saturated rings. The molecule has 2 aromatic rings. The zero-order valence-corrected chi connectivity index (χ0v) is 8.61. The van der Waals surface area contributed by atoms with E-state index in [0.29, 0.717) is 0 Å². The first-order valence-electron chi connectivity index (χ1n) is 5.47. The first-order valence-corrected chi connectivity index (χ1v) is 5.47. The van der Waals surface area contributed by atoms with Crippen molar-refractivity contribution < 1.29 is 0 Å². The molecule has 1 aliphatic heterocycles. The van der Waals surface area contributed by atoms with Gasteiger partial charge in [0, 0.05) is 11.1 Å². The highest BCUT2D eigenvalue weighted by Gasteiger charge is 2.17. The molecular formula is C13H14N2. The average molecular weight is 198 g/mol. The van der Waals surface area contributed by atoms with Gasteiger partial charge in [0.1, 0.15) is 0 Å². The van der Waals surface area contributed by atoms with E-state index < -0.39 is 0 Å². The molecule has 76 valence electrons. The van der Waals surface area contributed by atoms with E-state index in [1.165, 1.54) is 11.1 Å². The number of benzene rings is 1. The molecular weight excluding hydrogens is 184 g/mol. The minimum atomic E-state index is 0.790. The predicted octanol–water partition coefficient (Wildman–Crippen LogP) is 2.00. The van der Waals surface area contributed by atoms with Crippen LogP contribution in [0.25, 0.3) is 10.9 Å². The fourth-order valence-corrected chi connectivity index (χ4v) is 2.01. The number of nitrogens with one attached hydrogen (secondary N) is 1.